The summed E-state index contributed by atoms with van der Waals surface area (Å²) in [5, 5.41) is 12.0. The summed E-state index contributed by atoms with van der Waals surface area (Å²) in [6, 6.07) is 0. The number of allylic oxidation sites excluding steroid dienone is 4. The minimum atomic E-state index is -0.995. The maximum absolute atomic E-state index is 13.7. The normalized spacial score (nSPS) is 50.2. The number of Topliss-reactive ketones (excluding diaryl/α,β-unsaturated/α-hetero) is 1. The van der Waals surface area contributed by atoms with Crippen LogP contribution in [0.2, 0.25) is 0 Å². The highest BCUT2D eigenvalue weighted by Crippen LogP contribution is 2.70. The maximum Gasteiger partial charge on any atom is 0.178 e. The standard InChI is InChI=1S/C28H37BrO5/c1-26-11-10-18(30)12-17(26)8-9-19-20-13-23-28(22(32)15-29,27(20,2)14-21(31)24(19)26)34-25(33-23)16-6-4-3-5-7-16/h10-12,16,19-21,23-25,31H,3-9,13-15H2,1-2H3/t19-,20-,21-,23+,24+,25+,26-,27-,28+/m0/s1. The van der Waals surface area contributed by atoms with Gasteiger partial charge in [0, 0.05) is 22.7 Å². The van der Waals surface area contributed by atoms with Crippen LogP contribution in [0.25, 0.3) is 0 Å². The molecule has 0 radical (unpaired) electrons. The highest BCUT2D eigenvalue weighted by Gasteiger charge is 2.75. The summed E-state index contributed by atoms with van der Waals surface area (Å²) >= 11 is 3.46. The van der Waals surface area contributed by atoms with E-state index in [1.54, 1.807) is 12.2 Å². The van der Waals surface area contributed by atoms with Crippen LogP contribution >= 0.6 is 15.9 Å². The highest BCUT2D eigenvalue weighted by atomic mass is 79.9. The van der Waals surface area contributed by atoms with E-state index in [1.165, 1.54) is 19.3 Å². The molecule has 1 heterocycles. The molecule has 6 rings (SSSR count). The van der Waals surface area contributed by atoms with Crippen molar-refractivity contribution in [1.29, 1.82) is 0 Å². The monoisotopic (exact) mass is 532 g/mol. The summed E-state index contributed by atoms with van der Waals surface area (Å²) in [4.78, 5) is 25.8. The second-order valence-electron chi connectivity index (χ2n) is 12.2. The first-order chi connectivity index (χ1) is 16.2. The zero-order valence-corrected chi connectivity index (χ0v) is 21.9. The Hall–Kier alpha value is -0.820. The van der Waals surface area contributed by atoms with E-state index in [9.17, 15) is 14.7 Å². The van der Waals surface area contributed by atoms with Crippen LogP contribution in [-0.4, -0.2) is 46.1 Å². The lowest BCUT2D eigenvalue weighted by Gasteiger charge is -2.59. The van der Waals surface area contributed by atoms with Crippen molar-refractivity contribution in [2.45, 2.75) is 95.7 Å². The van der Waals surface area contributed by atoms with Crippen molar-refractivity contribution in [3.63, 3.8) is 0 Å². The van der Waals surface area contributed by atoms with Crippen LogP contribution in [0.5, 0.6) is 0 Å². The first-order valence-electron chi connectivity index (χ1n) is 13.3. The summed E-state index contributed by atoms with van der Waals surface area (Å²) in [5.41, 5.74) is -0.630. The molecule has 0 unspecified atom stereocenters. The molecule has 0 bridgehead atoms. The van der Waals surface area contributed by atoms with Gasteiger partial charge in [-0.15, -0.1) is 0 Å². The Bertz CT molecular complexity index is 952. The van der Waals surface area contributed by atoms with Crippen molar-refractivity contribution in [3.8, 4) is 0 Å². The lowest BCUT2D eigenvalue weighted by atomic mass is 9.46. The van der Waals surface area contributed by atoms with Crippen LogP contribution in [0.3, 0.4) is 0 Å². The molecule has 0 aromatic rings. The van der Waals surface area contributed by atoms with E-state index in [1.807, 2.05) is 6.08 Å². The molecular weight excluding hydrogens is 496 g/mol. The van der Waals surface area contributed by atoms with E-state index in [-0.39, 0.29) is 52.5 Å². The predicted octanol–water partition coefficient (Wildman–Crippen LogP) is 4.90. The van der Waals surface area contributed by atoms with Gasteiger partial charge in [-0.2, -0.15) is 0 Å². The van der Waals surface area contributed by atoms with Crippen LogP contribution in [0.15, 0.2) is 23.8 Å². The van der Waals surface area contributed by atoms with Crippen molar-refractivity contribution in [2.75, 3.05) is 5.33 Å². The molecule has 1 aliphatic heterocycles. The van der Waals surface area contributed by atoms with E-state index in [0.29, 0.717) is 12.3 Å². The first-order valence-corrected chi connectivity index (χ1v) is 14.4. The van der Waals surface area contributed by atoms with Crippen LogP contribution in [0.4, 0.5) is 0 Å². The first kappa shape index (κ1) is 23.6. The third-order valence-electron chi connectivity index (χ3n) is 10.8. The molecule has 5 fully saturated rings. The number of hydrogen-bond donors (Lipinski definition) is 1. The number of hydrogen-bond acceptors (Lipinski definition) is 5. The topological polar surface area (TPSA) is 72.8 Å². The van der Waals surface area contributed by atoms with Crippen LogP contribution in [0.1, 0.15) is 71.6 Å². The summed E-state index contributed by atoms with van der Waals surface area (Å²) in [5.74, 6) is 1.02. The van der Waals surface area contributed by atoms with Gasteiger partial charge < -0.3 is 14.6 Å². The second-order valence-corrected chi connectivity index (χ2v) is 12.8. The average molecular weight is 534 g/mol. The minimum Gasteiger partial charge on any atom is -0.393 e. The van der Waals surface area contributed by atoms with Crippen LogP contribution in [-0.2, 0) is 19.1 Å². The van der Waals surface area contributed by atoms with E-state index in [2.05, 4.69) is 29.8 Å². The Morgan fingerprint density at radius 1 is 1.21 bits per heavy atom. The number of carbonyl (C=O) groups excluding carboxylic acids is 2. The summed E-state index contributed by atoms with van der Waals surface area (Å²) in [7, 11) is 0. The van der Waals surface area contributed by atoms with Gasteiger partial charge in [-0.3, -0.25) is 9.59 Å². The van der Waals surface area contributed by atoms with Crippen LogP contribution in [0, 0.1) is 34.5 Å². The SMILES string of the molecule is C[C@]12C=CC(=O)C=C1CC[C@@H]1[C@@H]2[C@@H](O)C[C@@]2(C)[C@H]1C[C@H]1O[C@@H](C3CCCCC3)O[C@]12C(=O)CBr. The van der Waals surface area contributed by atoms with Gasteiger partial charge in [0.15, 0.2) is 23.5 Å². The highest BCUT2D eigenvalue weighted by molar-refractivity contribution is 9.09. The lowest BCUT2D eigenvalue weighted by Crippen LogP contribution is -2.63. The number of carbonyl (C=O) groups is 2. The van der Waals surface area contributed by atoms with Crippen molar-refractivity contribution in [1.82, 2.24) is 0 Å². The van der Waals surface area contributed by atoms with E-state index < -0.39 is 17.1 Å². The Morgan fingerprint density at radius 2 is 1.97 bits per heavy atom. The Morgan fingerprint density at radius 3 is 2.71 bits per heavy atom. The number of aliphatic hydroxyl groups is 1. The molecule has 0 aromatic carbocycles. The smallest absolute Gasteiger partial charge is 0.178 e. The molecule has 0 spiro atoms. The molecule has 186 valence electrons. The van der Waals surface area contributed by atoms with Gasteiger partial charge >= 0.3 is 0 Å². The predicted molar refractivity (Wildman–Crippen MR) is 131 cm³/mol. The molecule has 6 aliphatic rings. The zero-order chi connectivity index (χ0) is 23.9. The fourth-order valence-corrected chi connectivity index (χ4v) is 9.73. The summed E-state index contributed by atoms with van der Waals surface area (Å²) < 4.78 is 13.5. The fourth-order valence-electron chi connectivity index (χ4n) is 9.31. The largest absolute Gasteiger partial charge is 0.393 e. The lowest BCUT2D eigenvalue weighted by molar-refractivity contribution is -0.207. The number of alkyl halides is 1. The maximum atomic E-state index is 13.7. The number of fused-ring (bicyclic) bond motifs is 7. The van der Waals surface area contributed by atoms with Crippen LogP contribution < -0.4 is 0 Å². The van der Waals surface area contributed by atoms with Gasteiger partial charge in [-0.1, -0.05) is 60.7 Å². The molecule has 0 amide bonds. The Labute approximate surface area is 210 Å². The van der Waals surface area contributed by atoms with E-state index >= 15 is 0 Å². The number of ether oxygens (including phenoxy) is 2. The third-order valence-corrected chi connectivity index (χ3v) is 11.3. The van der Waals surface area contributed by atoms with Crippen molar-refractivity contribution in [2.24, 2.45) is 34.5 Å². The molecule has 9 atom stereocenters. The van der Waals surface area contributed by atoms with Crippen molar-refractivity contribution < 1.29 is 24.2 Å². The van der Waals surface area contributed by atoms with Crippen molar-refractivity contribution >= 4 is 27.5 Å². The van der Waals surface area contributed by atoms with Crippen molar-refractivity contribution in [3.05, 3.63) is 23.8 Å². The van der Waals surface area contributed by atoms with Gasteiger partial charge in [0.05, 0.1) is 17.5 Å². The summed E-state index contributed by atoms with van der Waals surface area (Å²) in [6.45, 7) is 4.38. The van der Waals surface area contributed by atoms with Gasteiger partial charge in [0.1, 0.15) is 0 Å². The number of halogens is 1. The third kappa shape index (κ3) is 3.01. The quantitative estimate of drug-likeness (QED) is 0.523. The fraction of sp³-hybridized carbons (Fsp3) is 0.786. The molecule has 4 saturated carbocycles. The number of aliphatic hydroxyl groups excluding tert-OH is 1. The second kappa shape index (κ2) is 8.09. The molecule has 6 heteroatoms. The van der Waals surface area contributed by atoms with E-state index in [4.69, 9.17) is 9.47 Å². The zero-order valence-electron chi connectivity index (χ0n) is 20.3. The molecule has 34 heavy (non-hydrogen) atoms. The average Bonchev–Trinajstić information content (AvgIpc) is 3.32. The van der Waals surface area contributed by atoms with Gasteiger partial charge in [0.2, 0.25) is 0 Å². The van der Waals surface area contributed by atoms with Gasteiger partial charge in [0.25, 0.3) is 0 Å². The number of rotatable bonds is 3. The van der Waals surface area contributed by atoms with Gasteiger partial charge in [-0.25, -0.2) is 0 Å². The minimum absolute atomic E-state index is 0.0408. The molecule has 5 aliphatic carbocycles. The van der Waals surface area contributed by atoms with E-state index in [0.717, 1.165) is 37.7 Å². The Balaban J connectivity index is 1.37. The molecule has 0 aromatic heterocycles. The van der Waals surface area contributed by atoms with Gasteiger partial charge in [-0.05, 0) is 62.5 Å². The molecule has 1 saturated heterocycles. The number of ketones is 2. The Kier molecular flexibility index (Phi) is 5.61. The molecule has 5 nitrogen and oxygen atoms in total. The summed E-state index contributed by atoms with van der Waals surface area (Å²) in [6.07, 6.45) is 13.4. The molecule has 1 N–H and O–H groups in total. The molecular formula is C28H37BrO5.